The van der Waals surface area contributed by atoms with E-state index in [1.165, 1.54) is 6.42 Å². The third-order valence-electron chi connectivity index (χ3n) is 4.29. The van der Waals surface area contributed by atoms with Gasteiger partial charge in [-0.25, -0.2) is 4.79 Å². The smallest absolute Gasteiger partial charge is 0.407 e. The number of ether oxygens (including phenoxy) is 1. The van der Waals surface area contributed by atoms with E-state index in [1.54, 1.807) is 0 Å². The zero-order chi connectivity index (χ0) is 14.9. The molecule has 2 rings (SSSR count). The summed E-state index contributed by atoms with van der Waals surface area (Å²) in [4.78, 5) is 12.0. The number of amides is 1. The van der Waals surface area contributed by atoms with Gasteiger partial charge in [0.25, 0.3) is 0 Å². The SMILES string of the molecule is C[C@H]1CC2C[C@@H](CC(CI)N2)C1NC(=O)OC(C)(C)C. The Bertz CT molecular complexity index is 354. The molecule has 5 atom stereocenters. The van der Waals surface area contributed by atoms with Crippen molar-refractivity contribution in [1.82, 2.24) is 10.6 Å². The van der Waals surface area contributed by atoms with Crippen molar-refractivity contribution in [1.29, 1.82) is 0 Å². The molecule has 1 heterocycles. The van der Waals surface area contributed by atoms with Crippen LogP contribution >= 0.6 is 22.6 Å². The fraction of sp³-hybridized carbons (Fsp3) is 0.933. The van der Waals surface area contributed by atoms with E-state index in [-0.39, 0.29) is 12.1 Å². The maximum Gasteiger partial charge on any atom is 0.407 e. The highest BCUT2D eigenvalue weighted by Crippen LogP contribution is 2.36. The Kier molecular flexibility index (Phi) is 5.21. The molecule has 3 unspecified atom stereocenters. The van der Waals surface area contributed by atoms with Crippen LogP contribution in [0.5, 0.6) is 0 Å². The molecule has 0 spiro atoms. The highest BCUT2D eigenvalue weighted by atomic mass is 127. The number of carbonyl (C=O) groups is 1. The Hall–Kier alpha value is -0.0400. The summed E-state index contributed by atoms with van der Waals surface area (Å²) in [5, 5.41) is 6.86. The summed E-state index contributed by atoms with van der Waals surface area (Å²) < 4.78 is 6.55. The van der Waals surface area contributed by atoms with Crippen LogP contribution in [0.4, 0.5) is 4.79 Å². The van der Waals surface area contributed by atoms with E-state index in [4.69, 9.17) is 4.74 Å². The fourth-order valence-corrected chi connectivity index (χ4v) is 4.24. The van der Waals surface area contributed by atoms with Crippen LogP contribution in [-0.4, -0.2) is 34.2 Å². The van der Waals surface area contributed by atoms with Crippen LogP contribution in [0.3, 0.4) is 0 Å². The number of alkyl halides is 1. The lowest BCUT2D eigenvalue weighted by molar-refractivity contribution is 0.0368. The molecule has 2 bridgehead atoms. The van der Waals surface area contributed by atoms with E-state index in [0.29, 0.717) is 23.9 Å². The predicted octanol–water partition coefficient (Wildman–Crippen LogP) is 3.09. The quantitative estimate of drug-likeness (QED) is 0.559. The van der Waals surface area contributed by atoms with Crippen molar-refractivity contribution in [3.05, 3.63) is 0 Å². The average Bonchev–Trinajstić information content (AvgIpc) is 2.31. The third kappa shape index (κ3) is 4.23. The lowest BCUT2D eigenvalue weighted by atomic mass is 9.70. The van der Waals surface area contributed by atoms with Gasteiger partial charge >= 0.3 is 6.09 Å². The Morgan fingerprint density at radius 1 is 1.35 bits per heavy atom. The van der Waals surface area contributed by atoms with Crippen molar-refractivity contribution >= 4 is 28.7 Å². The van der Waals surface area contributed by atoms with Gasteiger partial charge in [-0.3, -0.25) is 0 Å². The van der Waals surface area contributed by atoms with Crippen molar-refractivity contribution in [3.8, 4) is 0 Å². The van der Waals surface area contributed by atoms with Crippen LogP contribution in [-0.2, 0) is 4.74 Å². The first-order valence-electron chi connectivity index (χ1n) is 7.60. The minimum atomic E-state index is -0.427. The van der Waals surface area contributed by atoms with Crippen molar-refractivity contribution in [3.63, 3.8) is 0 Å². The largest absolute Gasteiger partial charge is 0.444 e. The molecule has 1 aliphatic carbocycles. The fourth-order valence-electron chi connectivity index (χ4n) is 3.63. The van der Waals surface area contributed by atoms with Gasteiger partial charge in [-0.05, 0) is 51.9 Å². The van der Waals surface area contributed by atoms with E-state index in [0.717, 1.165) is 17.3 Å². The standard InChI is InChI=1S/C15H27IN2O2/c1-9-5-11-6-10(7-12(8-16)17-11)13(9)18-14(19)20-15(2,3)4/h9-13,17H,5-8H2,1-4H3,(H,18,19)/t9-,10-,11?,12?,13?/m0/s1. The normalized spacial score (nSPS) is 37.4. The first-order valence-corrected chi connectivity index (χ1v) is 9.12. The minimum absolute atomic E-state index is 0.258. The van der Waals surface area contributed by atoms with Gasteiger partial charge < -0.3 is 15.4 Å². The number of alkyl carbamates (subject to hydrolysis) is 1. The van der Waals surface area contributed by atoms with Crippen LogP contribution < -0.4 is 10.6 Å². The maximum atomic E-state index is 12.0. The monoisotopic (exact) mass is 394 g/mol. The van der Waals surface area contributed by atoms with Gasteiger partial charge in [0.05, 0.1) is 0 Å². The van der Waals surface area contributed by atoms with Gasteiger partial charge in [-0.15, -0.1) is 0 Å². The van der Waals surface area contributed by atoms with Crippen LogP contribution in [0.25, 0.3) is 0 Å². The molecule has 2 N–H and O–H groups in total. The number of halogens is 1. The van der Waals surface area contributed by atoms with Crippen molar-refractivity contribution in [2.75, 3.05) is 4.43 Å². The summed E-state index contributed by atoms with van der Waals surface area (Å²) in [5.74, 6) is 1.09. The molecule has 4 nitrogen and oxygen atoms in total. The second-order valence-corrected chi connectivity index (χ2v) is 8.21. The van der Waals surface area contributed by atoms with Gasteiger partial charge in [-0.1, -0.05) is 29.5 Å². The van der Waals surface area contributed by atoms with Gasteiger partial charge in [0.1, 0.15) is 5.60 Å². The minimum Gasteiger partial charge on any atom is -0.444 e. The zero-order valence-corrected chi connectivity index (χ0v) is 15.1. The highest BCUT2D eigenvalue weighted by Gasteiger charge is 2.41. The van der Waals surface area contributed by atoms with E-state index < -0.39 is 5.60 Å². The molecule has 1 saturated carbocycles. The topological polar surface area (TPSA) is 50.4 Å². The summed E-state index contributed by atoms with van der Waals surface area (Å²) >= 11 is 2.45. The lowest BCUT2D eigenvalue weighted by Gasteiger charge is -2.47. The molecule has 0 aromatic rings. The summed E-state index contributed by atoms with van der Waals surface area (Å²) in [7, 11) is 0. The summed E-state index contributed by atoms with van der Waals surface area (Å²) in [6.07, 6.45) is 3.21. The first-order chi connectivity index (χ1) is 9.28. The Labute approximate surface area is 135 Å². The molecule has 0 aromatic carbocycles. The Morgan fingerprint density at radius 3 is 2.65 bits per heavy atom. The number of fused-ring (bicyclic) bond motifs is 2. The number of carbonyl (C=O) groups excluding carboxylic acids is 1. The zero-order valence-electron chi connectivity index (χ0n) is 12.9. The molecule has 20 heavy (non-hydrogen) atoms. The van der Waals surface area contributed by atoms with E-state index in [1.807, 2.05) is 20.8 Å². The molecule has 0 aromatic heterocycles. The molecular formula is C15H27IN2O2. The van der Waals surface area contributed by atoms with Crippen LogP contribution in [0.15, 0.2) is 0 Å². The molecule has 0 radical (unpaired) electrons. The molecule has 5 heteroatoms. The molecule has 1 aliphatic heterocycles. The van der Waals surface area contributed by atoms with E-state index in [9.17, 15) is 4.79 Å². The second-order valence-electron chi connectivity index (χ2n) is 7.33. The van der Waals surface area contributed by atoms with Crippen molar-refractivity contribution in [2.24, 2.45) is 11.8 Å². The van der Waals surface area contributed by atoms with Gasteiger partial charge in [0.15, 0.2) is 0 Å². The first kappa shape index (κ1) is 16.3. The molecule has 2 fully saturated rings. The summed E-state index contributed by atoms with van der Waals surface area (Å²) in [6.45, 7) is 7.96. The third-order valence-corrected chi connectivity index (χ3v) is 5.36. The van der Waals surface area contributed by atoms with Crippen LogP contribution in [0, 0.1) is 11.8 Å². The Morgan fingerprint density at radius 2 is 2.05 bits per heavy atom. The highest BCUT2D eigenvalue weighted by molar-refractivity contribution is 14.1. The Balaban J connectivity index is 1.97. The van der Waals surface area contributed by atoms with E-state index >= 15 is 0 Å². The lowest BCUT2D eigenvalue weighted by Crippen LogP contribution is -2.59. The van der Waals surface area contributed by atoms with Gasteiger partial charge in [0, 0.05) is 22.6 Å². The number of hydrogen-bond acceptors (Lipinski definition) is 3. The van der Waals surface area contributed by atoms with Crippen molar-refractivity contribution in [2.45, 2.75) is 70.7 Å². The molecule has 2 aliphatic rings. The molecule has 116 valence electrons. The van der Waals surface area contributed by atoms with Gasteiger partial charge in [0.2, 0.25) is 0 Å². The van der Waals surface area contributed by atoms with E-state index in [2.05, 4.69) is 40.1 Å². The molecule has 1 amide bonds. The van der Waals surface area contributed by atoms with Crippen molar-refractivity contribution < 1.29 is 9.53 Å². The summed E-state index contributed by atoms with van der Waals surface area (Å²) in [6, 6.07) is 1.48. The van der Waals surface area contributed by atoms with Gasteiger partial charge in [-0.2, -0.15) is 0 Å². The molecule has 1 saturated heterocycles. The number of hydrogen-bond donors (Lipinski definition) is 2. The second kappa shape index (κ2) is 6.38. The number of piperidine rings is 1. The number of rotatable bonds is 2. The predicted molar refractivity (Wildman–Crippen MR) is 89.3 cm³/mol. The maximum absolute atomic E-state index is 12.0. The summed E-state index contributed by atoms with van der Waals surface area (Å²) in [5.41, 5.74) is -0.427. The molecular weight excluding hydrogens is 367 g/mol. The van der Waals surface area contributed by atoms with Crippen LogP contribution in [0.2, 0.25) is 0 Å². The van der Waals surface area contributed by atoms with Crippen LogP contribution in [0.1, 0.15) is 47.0 Å². The average molecular weight is 394 g/mol. The number of nitrogens with one attached hydrogen (secondary N) is 2.